The molecule has 2 aromatic carbocycles. The molecule has 0 saturated carbocycles. The lowest BCUT2D eigenvalue weighted by Crippen LogP contribution is -2.45. The number of methoxy groups -OCH3 is 1. The Kier molecular flexibility index (Phi) is 5.87. The van der Waals surface area contributed by atoms with Crippen LogP contribution < -0.4 is 9.47 Å². The van der Waals surface area contributed by atoms with Crippen LogP contribution in [0.15, 0.2) is 42.6 Å². The molecular formula is C22H24FN3O3. The van der Waals surface area contributed by atoms with Gasteiger partial charge in [0.1, 0.15) is 12.4 Å². The van der Waals surface area contributed by atoms with Crippen LogP contribution in [0.3, 0.4) is 0 Å². The number of ether oxygens (including phenoxy) is 3. The predicted octanol–water partition coefficient (Wildman–Crippen LogP) is 3.54. The van der Waals surface area contributed by atoms with Gasteiger partial charge in [-0.1, -0.05) is 12.1 Å². The van der Waals surface area contributed by atoms with Crippen molar-refractivity contribution in [1.82, 2.24) is 14.9 Å². The van der Waals surface area contributed by atoms with E-state index in [2.05, 4.69) is 21.8 Å². The average Bonchev–Trinajstić information content (AvgIpc) is 2.74. The number of benzene rings is 2. The maximum Gasteiger partial charge on any atom is 0.163 e. The minimum absolute atomic E-state index is 0.305. The summed E-state index contributed by atoms with van der Waals surface area (Å²) in [4.78, 5) is 11.4. The first-order valence-corrected chi connectivity index (χ1v) is 9.69. The molecule has 0 bridgehead atoms. The zero-order valence-corrected chi connectivity index (χ0v) is 16.6. The van der Waals surface area contributed by atoms with Gasteiger partial charge in [-0.3, -0.25) is 9.88 Å². The van der Waals surface area contributed by atoms with E-state index in [0.717, 1.165) is 26.3 Å². The molecule has 1 aliphatic heterocycles. The second-order valence-corrected chi connectivity index (χ2v) is 7.07. The first kappa shape index (κ1) is 19.5. The van der Waals surface area contributed by atoms with Gasteiger partial charge in [0.05, 0.1) is 43.2 Å². The van der Waals surface area contributed by atoms with Gasteiger partial charge in [0, 0.05) is 36.8 Å². The van der Waals surface area contributed by atoms with Crippen molar-refractivity contribution in [3.63, 3.8) is 0 Å². The highest BCUT2D eigenvalue weighted by atomic mass is 19.1. The Morgan fingerprint density at radius 1 is 1.21 bits per heavy atom. The van der Waals surface area contributed by atoms with Gasteiger partial charge in [-0.25, -0.2) is 9.37 Å². The van der Waals surface area contributed by atoms with Crippen molar-refractivity contribution in [2.24, 2.45) is 0 Å². The molecular weight excluding hydrogens is 373 g/mol. The van der Waals surface area contributed by atoms with Crippen LogP contribution in [0.1, 0.15) is 6.92 Å². The second kappa shape index (κ2) is 8.71. The maximum atomic E-state index is 13.5. The highest BCUT2D eigenvalue weighted by Crippen LogP contribution is 2.32. The Balaban J connectivity index is 1.53. The average molecular weight is 397 g/mol. The lowest BCUT2D eigenvalue weighted by Gasteiger charge is -2.33. The summed E-state index contributed by atoms with van der Waals surface area (Å²) in [5.74, 6) is 0.923. The molecule has 1 aromatic heterocycles. The topological polar surface area (TPSA) is 56.7 Å². The third kappa shape index (κ3) is 4.46. The van der Waals surface area contributed by atoms with Crippen LogP contribution in [0.4, 0.5) is 4.39 Å². The van der Waals surface area contributed by atoms with Gasteiger partial charge in [-0.15, -0.1) is 0 Å². The van der Waals surface area contributed by atoms with Crippen LogP contribution in [0.2, 0.25) is 0 Å². The molecule has 0 amide bonds. The lowest BCUT2D eigenvalue weighted by atomic mass is 10.1. The molecule has 7 heteroatoms. The van der Waals surface area contributed by atoms with Gasteiger partial charge in [-0.2, -0.15) is 0 Å². The fraction of sp³-hybridized carbons (Fsp3) is 0.364. The fourth-order valence-electron chi connectivity index (χ4n) is 3.45. The van der Waals surface area contributed by atoms with Crippen LogP contribution in [-0.4, -0.2) is 60.9 Å². The number of morpholine rings is 1. The molecule has 4 rings (SSSR count). The van der Waals surface area contributed by atoms with Crippen molar-refractivity contribution in [3.05, 3.63) is 48.4 Å². The van der Waals surface area contributed by atoms with Crippen molar-refractivity contribution < 1.29 is 18.6 Å². The number of rotatable bonds is 6. The van der Waals surface area contributed by atoms with Crippen molar-refractivity contribution in [1.29, 1.82) is 0 Å². The third-order valence-electron chi connectivity index (χ3n) is 5.09. The Morgan fingerprint density at radius 3 is 2.86 bits per heavy atom. The fourth-order valence-corrected chi connectivity index (χ4v) is 3.45. The number of hydrogen-bond donors (Lipinski definition) is 0. The second-order valence-electron chi connectivity index (χ2n) is 7.07. The molecule has 1 atom stereocenters. The molecule has 0 N–H and O–H groups in total. The zero-order valence-electron chi connectivity index (χ0n) is 16.6. The molecule has 1 aliphatic rings. The smallest absolute Gasteiger partial charge is 0.163 e. The summed E-state index contributed by atoms with van der Waals surface area (Å²) in [7, 11) is 1.60. The largest absolute Gasteiger partial charge is 0.493 e. The van der Waals surface area contributed by atoms with Crippen molar-refractivity contribution in [3.8, 4) is 22.8 Å². The van der Waals surface area contributed by atoms with E-state index in [-0.39, 0.29) is 5.82 Å². The molecule has 0 spiro atoms. The van der Waals surface area contributed by atoms with E-state index in [0.29, 0.717) is 46.4 Å². The standard InChI is InChI=1S/C22H24FN3O3/c1-15-14-28-8-6-26(15)7-9-29-22-11-18-19(12-21(22)27-2)25-20(13-24-18)16-4-3-5-17(23)10-16/h3-5,10-13,15H,6-9,14H2,1-2H3/t15-/m1/s1. The zero-order chi connectivity index (χ0) is 20.2. The summed E-state index contributed by atoms with van der Waals surface area (Å²) in [6.45, 7) is 5.93. The maximum absolute atomic E-state index is 13.5. The van der Waals surface area contributed by atoms with Crippen LogP contribution in [-0.2, 0) is 4.74 Å². The predicted molar refractivity (Wildman–Crippen MR) is 109 cm³/mol. The minimum atomic E-state index is -0.305. The number of aromatic nitrogens is 2. The molecule has 3 aromatic rings. The van der Waals surface area contributed by atoms with E-state index in [9.17, 15) is 4.39 Å². The number of nitrogens with zero attached hydrogens (tertiary/aromatic N) is 3. The lowest BCUT2D eigenvalue weighted by molar-refractivity contribution is -0.00524. The van der Waals surface area contributed by atoms with Gasteiger partial charge in [0.15, 0.2) is 11.5 Å². The molecule has 0 radical (unpaired) electrons. The van der Waals surface area contributed by atoms with Crippen LogP contribution in [0.25, 0.3) is 22.3 Å². The van der Waals surface area contributed by atoms with E-state index < -0.39 is 0 Å². The monoisotopic (exact) mass is 397 g/mol. The van der Waals surface area contributed by atoms with E-state index in [1.54, 1.807) is 31.5 Å². The SMILES string of the molecule is COc1cc2nc(-c3cccc(F)c3)cnc2cc1OCCN1CCOC[C@H]1C. The highest BCUT2D eigenvalue weighted by molar-refractivity contribution is 5.81. The molecule has 29 heavy (non-hydrogen) atoms. The summed E-state index contributed by atoms with van der Waals surface area (Å²) in [5, 5.41) is 0. The summed E-state index contributed by atoms with van der Waals surface area (Å²) in [6.07, 6.45) is 1.64. The van der Waals surface area contributed by atoms with E-state index in [1.807, 2.05) is 6.07 Å². The van der Waals surface area contributed by atoms with Gasteiger partial charge >= 0.3 is 0 Å². The molecule has 1 fully saturated rings. The number of fused-ring (bicyclic) bond motifs is 1. The van der Waals surface area contributed by atoms with Crippen LogP contribution in [0.5, 0.6) is 11.5 Å². The van der Waals surface area contributed by atoms with Gasteiger partial charge in [-0.05, 0) is 19.1 Å². The third-order valence-corrected chi connectivity index (χ3v) is 5.09. The van der Waals surface area contributed by atoms with E-state index in [4.69, 9.17) is 14.2 Å². The molecule has 0 aliphatic carbocycles. The summed E-state index contributed by atoms with van der Waals surface area (Å²) < 4.78 is 30.5. The number of halogens is 1. The van der Waals surface area contributed by atoms with Gasteiger partial charge in [0.2, 0.25) is 0 Å². The van der Waals surface area contributed by atoms with Crippen LogP contribution in [0, 0.1) is 5.82 Å². The molecule has 152 valence electrons. The van der Waals surface area contributed by atoms with Gasteiger partial charge in [0.25, 0.3) is 0 Å². The molecule has 2 heterocycles. The Bertz CT molecular complexity index is 998. The van der Waals surface area contributed by atoms with Crippen molar-refractivity contribution in [2.45, 2.75) is 13.0 Å². The number of hydrogen-bond acceptors (Lipinski definition) is 6. The minimum Gasteiger partial charge on any atom is -0.493 e. The highest BCUT2D eigenvalue weighted by Gasteiger charge is 2.18. The summed E-state index contributed by atoms with van der Waals surface area (Å²) in [5.41, 5.74) is 2.64. The Labute approximate surface area is 169 Å². The Morgan fingerprint density at radius 2 is 2.07 bits per heavy atom. The molecule has 0 unspecified atom stereocenters. The van der Waals surface area contributed by atoms with Gasteiger partial charge < -0.3 is 14.2 Å². The quantitative estimate of drug-likeness (QED) is 0.634. The van der Waals surface area contributed by atoms with E-state index in [1.165, 1.54) is 12.1 Å². The molecule has 6 nitrogen and oxygen atoms in total. The van der Waals surface area contributed by atoms with E-state index >= 15 is 0 Å². The first-order valence-electron chi connectivity index (χ1n) is 9.69. The summed E-state index contributed by atoms with van der Waals surface area (Å²) in [6, 6.07) is 10.3. The normalized spacial score (nSPS) is 17.4. The first-order chi connectivity index (χ1) is 14.1. The summed E-state index contributed by atoms with van der Waals surface area (Å²) >= 11 is 0. The van der Waals surface area contributed by atoms with Crippen LogP contribution >= 0.6 is 0 Å². The molecule has 1 saturated heterocycles. The van der Waals surface area contributed by atoms with Crippen molar-refractivity contribution in [2.75, 3.05) is 40.0 Å². The van der Waals surface area contributed by atoms with Crippen molar-refractivity contribution >= 4 is 11.0 Å². The Hall–Kier alpha value is -2.77.